The van der Waals surface area contributed by atoms with Crippen molar-refractivity contribution in [3.05, 3.63) is 40.9 Å². The van der Waals surface area contributed by atoms with Crippen molar-refractivity contribution in [1.29, 1.82) is 0 Å². The van der Waals surface area contributed by atoms with Gasteiger partial charge in [0.2, 0.25) is 0 Å². The number of ether oxygens (including phenoxy) is 1. The quantitative estimate of drug-likeness (QED) is 0.601. The summed E-state index contributed by atoms with van der Waals surface area (Å²) < 4.78 is 7.06. The number of aromatic nitrogens is 3. The van der Waals surface area contributed by atoms with Gasteiger partial charge in [0.05, 0.1) is 23.0 Å². The van der Waals surface area contributed by atoms with E-state index < -0.39 is 5.60 Å². The number of carbonyl (C=O) groups is 1. The second-order valence-corrected chi connectivity index (χ2v) is 8.47. The molecule has 0 atom stereocenters. The second kappa shape index (κ2) is 8.75. The molecule has 0 aromatic carbocycles. The molecule has 0 unspecified atom stereocenters. The van der Waals surface area contributed by atoms with Crippen molar-refractivity contribution < 1.29 is 9.53 Å². The summed E-state index contributed by atoms with van der Waals surface area (Å²) in [4.78, 5) is 18.4. The third-order valence-electron chi connectivity index (χ3n) is 4.45. The average molecular weight is 416 g/mol. The minimum Gasteiger partial charge on any atom is -0.444 e. The highest BCUT2D eigenvalue weighted by atomic mass is 35.5. The van der Waals surface area contributed by atoms with Crippen molar-refractivity contribution in [3.63, 3.8) is 0 Å². The van der Waals surface area contributed by atoms with Crippen LogP contribution < -0.4 is 10.2 Å². The molecule has 1 N–H and O–H groups in total. The number of pyridine rings is 1. The van der Waals surface area contributed by atoms with Crippen LogP contribution in [0.25, 0.3) is 0 Å². The van der Waals surface area contributed by atoms with Crippen LogP contribution in [0.5, 0.6) is 0 Å². The number of nitrogens with zero attached hydrogens (tertiary/aromatic N) is 4. The fourth-order valence-corrected chi connectivity index (χ4v) is 3.29. The van der Waals surface area contributed by atoms with Crippen molar-refractivity contribution >= 4 is 23.4 Å². The SMILES string of the molecule is Cn1cc(C#Cc2cnc(Cl)cc2N2CCC(NC(=O)OC(C)(C)C)CC2)cn1. The first-order chi connectivity index (χ1) is 13.7. The van der Waals surface area contributed by atoms with Gasteiger partial charge >= 0.3 is 6.09 Å². The largest absolute Gasteiger partial charge is 0.444 e. The lowest BCUT2D eigenvalue weighted by molar-refractivity contribution is 0.0497. The van der Waals surface area contributed by atoms with Crippen LogP contribution in [0.3, 0.4) is 0 Å². The molecular formula is C21H26ClN5O2. The van der Waals surface area contributed by atoms with E-state index in [9.17, 15) is 4.79 Å². The number of carbonyl (C=O) groups excluding carboxylic acids is 1. The summed E-state index contributed by atoms with van der Waals surface area (Å²) in [6, 6.07) is 1.93. The highest BCUT2D eigenvalue weighted by Gasteiger charge is 2.24. The summed E-state index contributed by atoms with van der Waals surface area (Å²) in [6.07, 6.45) is 6.55. The predicted molar refractivity (Wildman–Crippen MR) is 113 cm³/mol. The lowest BCUT2D eigenvalue weighted by atomic mass is 10.0. The number of piperidine rings is 1. The van der Waals surface area contributed by atoms with Crippen LogP contribution in [-0.4, -0.2) is 45.6 Å². The molecule has 2 aromatic rings. The zero-order valence-corrected chi connectivity index (χ0v) is 18.0. The third kappa shape index (κ3) is 6.13. The Morgan fingerprint density at radius 3 is 2.62 bits per heavy atom. The minimum absolute atomic E-state index is 0.0864. The van der Waals surface area contributed by atoms with Crippen LogP contribution in [0.1, 0.15) is 44.7 Å². The minimum atomic E-state index is -0.500. The predicted octanol–water partition coefficient (Wildman–Crippen LogP) is 3.36. The smallest absolute Gasteiger partial charge is 0.407 e. The molecule has 29 heavy (non-hydrogen) atoms. The topological polar surface area (TPSA) is 72.3 Å². The number of anilines is 1. The van der Waals surface area contributed by atoms with Crippen molar-refractivity contribution in [2.75, 3.05) is 18.0 Å². The highest BCUT2D eigenvalue weighted by molar-refractivity contribution is 6.29. The van der Waals surface area contributed by atoms with Crippen LogP contribution in [0, 0.1) is 11.8 Å². The molecule has 1 amide bonds. The Bertz CT molecular complexity index is 931. The third-order valence-corrected chi connectivity index (χ3v) is 4.66. The van der Waals surface area contributed by atoms with Gasteiger partial charge in [-0.3, -0.25) is 4.68 Å². The molecule has 3 rings (SSSR count). The Hall–Kier alpha value is -2.72. The molecule has 7 nitrogen and oxygen atoms in total. The van der Waals surface area contributed by atoms with Gasteiger partial charge in [0.1, 0.15) is 10.8 Å². The number of hydrogen-bond donors (Lipinski definition) is 1. The van der Waals surface area contributed by atoms with Crippen LogP contribution in [0.4, 0.5) is 10.5 Å². The van der Waals surface area contributed by atoms with E-state index in [1.54, 1.807) is 17.1 Å². The van der Waals surface area contributed by atoms with Gasteiger partial charge in [-0.2, -0.15) is 5.10 Å². The van der Waals surface area contributed by atoms with Gasteiger partial charge in [0.15, 0.2) is 0 Å². The summed E-state index contributed by atoms with van der Waals surface area (Å²) in [5.74, 6) is 6.30. The normalized spacial score (nSPS) is 14.9. The lowest BCUT2D eigenvalue weighted by Gasteiger charge is -2.34. The first-order valence-corrected chi connectivity index (χ1v) is 9.98. The van der Waals surface area contributed by atoms with E-state index in [1.807, 2.05) is 40.1 Å². The van der Waals surface area contributed by atoms with Gasteiger partial charge in [-0.15, -0.1) is 0 Å². The van der Waals surface area contributed by atoms with E-state index in [2.05, 4.69) is 32.1 Å². The molecule has 0 radical (unpaired) electrons. The van der Waals surface area contributed by atoms with Crippen molar-refractivity contribution in [2.45, 2.75) is 45.3 Å². The molecular weight excluding hydrogens is 390 g/mol. The zero-order valence-electron chi connectivity index (χ0n) is 17.2. The van der Waals surface area contributed by atoms with E-state index in [4.69, 9.17) is 16.3 Å². The maximum atomic E-state index is 12.0. The Kier molecular flexibility index (Phi) is 6.33. The number of alkyl carbamates (subject to hydrolysis) is 1. The number of aryl methyl sites for hydroxylation is 1. The Morgan fingerprint density at radius 2 is 2.00 bits per heavy atom. The average Bonchev–Trinajstić information content (AvgIpc) is 3.05. The summed E-state index contributed by atoms with van der Waals surface area (Å²) in [6.45, 7) is 7.13. The van der Waals surface area contributed by atoms with Gasteiger partial charge in [-0.1, -0.05) is 23.4 Å². The van der Waals surface area contributed by atoms with Gasteiger partial charge in [-0.25, -0.2) is 9.78 Å². The van der Waals surface area contributed by atoms with E-state index in [1.165, 1.54) is 0 Å². The number of amides is 1. The first kappa shape index (κ1) is 21.0. The lowest BCUT2D eigenvalue weighted by Crippen LogP contribution is -2.46. The monoisotopic (exact) mass is 415 g/mol. The van der Waals surface area contributed by atoms with Crippen LogP contribution in [-0.2, 0) is 11.8 Å². The zero-order chi connectivity index (χ0) is 21.0. The van der Waals surface area contributed by atoms with Crippen molar-refractivity contribution in [2.24, 2.45) is 7.05 Å². The van der Waals surface area contributed by atoms with Crippen LogP contribution >= 0.6 is 11.6 Å². The molecule has 1 aliphatic heterocycles. The molecule has 1 fully saturated rings. The van der Waals surface area contributed by atoms with Gasteiger partial charge in [-0.05, 0) is 33.6 Å². The number of halogens is 1. The molecule has 3 heterocycles. The number of rotatable bonds is 2. The first-order valence-electron chi connectivity index (χ1n) is 9.60. The highest BCUT2D eigenvalue weighted by Crippen LogP contribution is 2.26. The molecule has 1 saturated heterocycles. The summed E-state index contributed by atoms with van der Waals surface area (Å²) in [7, 11) is 1.86. The number of hydrogen-bond acceptors (Lipinski definition) is 5. The van der Waals surface area contributed by atoms with Crippen molar-refractivity contribution in [3.8, 4) is 11.8 Å². The summed E-state index contributed by atoms with van der Waals surface area (Å²) >= 11 is 6.14. The molecule has 8 heteroatoms. The van der Waals surface area contributed by atoms with Gasteiger partial charge < -0.3 is 15.0 Å². The molecule has 0 aliphatic carbocycles. The Labute approximate surface area is 176 Å². The Morgan fingerprint density at radius 1 is 1.28 bits per heavy atom. The molecule has 1 aliphatic rings. The fourth-order valence-electron chi connectivity index (χ4n) is 3.14. The molecule has 2 aromatic heterocycles. The molecule has 0 saturated carbocycles. The maximum Gasteiger partial charge on any atom is 0.407 e. The summed E-state index contributed by atoms with van der Waals surface area (Å²) in [5, 5.41) is 7.52. The summed E-state index contributed by atoms with van der Waals surface area (Å²) in [5.41, 5.74) is 2.11. The standard InChI is InChI=1S/C21H26ClN5O2/c1-21(2,3)29-20(28)25-17-7-9-27(10-8-17)18-11-19(22)23-13-16(18)6-5-15-12-24-26(4)14-15/h11-14,17H,7-10H2,1-4H3,(H,25,28). The molecule has 0 bridgehead atoms. The number of nitrogens with one attached hydrogen (secondary N) is 1. The second-order valence-electron chi connectivity index (χ2n) is 8.08. The fraction of sp³-hybridized carbons (Fsp3) is 0.476. The van der Waals surface area contributed by atoms with E-state index in [0.717, 1.165) is 42.7 Å². The molecule has 154 valence electrons. The van der Waals surface area contributed by atoms with Gasteiger partial charge in [0.25, 0.3) is 0 Å². The van der Waals surface area contributed by atoms with Crippen LogP contribution in [0.2, 0.25) is 5.15 Å². The maximum absolute atomic E-state index is 12.0. The van der Waals surface area contributed by atoms with E-state index >= 15 is 0 Å². The Balaban J connectivity index is 1.67. The van der Waals surface area contributed by atoms with Crippen LogP contribution in [0.15, 0.2) is 24.7 Å². The van der Waals surface area contributed by atoms with Gasteiger partial charge in [0, 0.05) is 44.6 Å². The van der Waals surface area contributed by atoms with Crippen molar-refractivity contribution in [1.82, 2.24) is 20.1 Å². The molecule has 0 spiro atoms. The van der Waals surface area contributed by atoms with E-state index in [0.29, 0.717) is 5.15 Å². The van der Waals surface area contributed by atoms with E-state index in [-0.39, 0.29) is 12.1 Å².